The minimum atomic E-state index is -0.173. The first-order valence-electron chi connectivity index (χ1n) is 9.78. The Hall–Kier alpha value is -3.53. The molecule has 0 fully saturated rings. The van der Waals surface area contributed by atoms with Crippen molar-refractivity contribution in [2.24, 2.45) is 0 Å². The van der Waals surface area contributed by atoms with Crippen molar-refractivity contribution in [3.63, 3.8) is 0 Å². The van der Waals surface area contributed by atoms with Crippen LogP contribution in [0.4, 0.5) is 5.69 Å². The SMILES string of the molecule is COc1ccc(OCCN(C)C(=O)CCC(=O)N(CCC#N)c2ccccc2)cc1. The van der Waals surface area contributed by atoms with Crippen molar-refractivity contribution in [1.29, 1.82) is 5.26 Å². The average molecular weight is 409 g/mol. The molecule has 0 spiro atoms. The van der Waals surface area contributed by atoms with Crippen LogP contribution in [0.25, 0.3) is 0 Å². The number of hydrogen-bond acceptors (Lipinski definition) is 5. The summed E-state index contributed by atoms with van der Waals surface area (Å²) >= 11 is 0. The first kappa shape index (κ1) is 22.8. The third-order valence-electron chi connectivity index (χ3n) is 4.55. The van der Waals surface area contributed by atoms with Crippen molar-refractivity contribution >= 4 is 17.5 Å². The fourth-order valence-electron chi connectivity index (χ4n) is 2.80. The third kappa shape index (κ3) is 7.13. The molecule has 158 valence electrons. The van der Waals surface area contributed by atoms with Gasteiger partial charge >= 0.3 is 0 Å². The van der Waals surface area contributed by atoms with Crippen LogP contribution in [0, 0.1) is 11.3 Å². The minimum absolute atomic E-state index is 0.0861. The Bertz CT molecular complexity index is 847. The number of nitriles is 1. The summed E-state index contributed by atoms with van der Waals surface area (Å²) in [7, 11) is 3.29. The van der Waals surface area contributed by atoms with Crippen LogP contribution in [0.2, 0.25) is 0 Å². The summed E-state index contributed by atoms with van der Waals surface area (Å²) in [5, 5.41) is 8.86. The minimum Gasteiger partial charge on any atom is -0.497 e. The van der Waals surface area contributed by atoms with Crippen molar-refractivity contribution in [3.05, 3.63) is 54.6 Å². The smallest absolute Gasteiger partial charge is 0.227 e. The maximum Gasteiger partial charge on any atom is 0.227 e. The molecule has 0 heterocycles. The molecule has 0 aliphatic rings. The molecule has 0 saturated heterocycles. The Morgan fingerprint density at radius 1 is 0.933 bits per heavy atom. The molecule has 0 saturated carbocycles. The van der Waals surface area contributed by atoms with Crippen molar-refractivity contribution in [1.82, 2.24) is 4.90 Å². The van der Waals surface area contributed by atoms with Gasteiger partial charge in [-0.2, -0.15) is 5.26 Å². The second-order valence-electron chi connectivity index (χ2n) is 6.63. The molecule has 2 rings (SSSR count). The maximum absolute atomic E-state index is 12.6. The highest BCUT2D eigenvalue weighted by Gasteiger charge is 2.18. The Morgan fingerprint density at radius 2 is 1.57 bits per heavy atom. The third-order valence-corrected chi connectivity index (χ3v) is 4.55. The standard InChI is InChI=1S/C23H27N3O4/c1-25(17-18-30-21-11-9-20(29-2)10-12-21)22(27)13-14-23(28)26(16-6-15-24)19-7-4-3-5-8-19/h3-5,7-12H,6,13-14,16-18H2,1-2H3. The average Bonchev–Trinajstić information content (AvgIpc) is 2.78. The number of carbonyl (C=O) groups excluding carboxylic acids is 2. The largest absolute Gasteiger partial charge is 0.497 e. The van der Waals surface area contributed by atoms with Gasteiger partial charge in [0.2, 0.25) is 11.8 Å². The molecule has 0 bridgehead atoms. The molecule has 7 nitrogen and oxygen atoms in total. The summed E-state index contributed by atoms with van der Waals surface area (Å²) < 4.78 is 10.7. The van der Waals surface area contributed by atoms with Gasteiger partial charge in [0.1, 0.15) is 18.1 Å². The number of methoxy groups -OCH3 is 1. The molecular formula is C23H27N3O4. The number of carbonyl (C=O) groups is 2. The Balaban J connectivity index is 1.79. The second-order valence-corrected chi connectivity index (χ2v) is 6.63. The van der Waals surface area contributed by atoms with E-state index in [-0.39, 0.29) is 31.1 Å². The molecule has 2 amide bonds. The van der Waals surface area contributed by atoms with Crippen molar-refractivity contribution in [3.8, 4) is 17.6 Å². The number of ether oxygens (including phenoxy) is 2. The van der Waals surface area contributed by atoms with Crippen molar-refractivity contribution in [2.45, 2.75) is 19.3 Å². The number of hydrogen-bond donors (Lipinski definition) is 0. The normalized spacial score (nSPS) is 10.0. The molecule has 30 heavy (non-hydrogen) atoms. The summed E-state index contributed by atoms with van der Waals surface area (Å²) in [6.07, 6.45) is 0.424. The summed E-state index contributed by atoms with van der Waals surface area (Å²) in [6.45, 7) is 1.07. The Morgan fingerprint density at radius 3 is 2.20 bits per heavy atom. The summed E-state index contributed by atoms with van der Waals surface area (Å²) in [6, 6.07) is 18.5. The number of anilines is 1. The molecule has 2 aromatic rings. The molecule has 0 aliphatic carbocycles. The van der Waals surface area contributed by atoms with Crippen LogP contribution < -0.4 is 14.4 Å². The van der Waals surface area contributed by atoms with Gasteiger partial charge < -0.3 is 19.3 Å². The van der Waals surface area contributed by atoms with Crippen LogP contribution in [0.15, 0.2) is 54.6 Å². The van der Waals surface area contributed by atoms with E-state index < -0.39 is 0 Å². The quantitative estimate of drug-likeness (QED) is 0.569. The molecule has 7 heteroatoms. The van der Waals surface area contributed by atoms with E-state index in [1.165, 1.54) is 0 Å². The zero-order valence-electron chi connectivity index (χ0n) is 17.4. The van der Waals surface area contributed by atoms with E-state index >= 15 is 0 Å². The molecule has 0 aromatic heterocycles. The Kier molecular flexibility index (Phi) is 9.19. The number of nitrogens with zero attached hydrogens (tertiary/aromatic N) is 3. The molecule has 0 N–H and O–H groups in total. The molecular weight excluding hydrogens is 382 g/mol. The van der Waals surface area contributed by atoms with E-state index in [0.717, 1.165) is 11.4 Å². The van der Waals surface area contributed by atoms with Gasteiger partial charge in [0.05, 0.1) is 26.1 Å². The van der Waals surface area contributed by atoms with Crippen LogP contribution in [0.3, 0.4) is 0 Å². The van der Waals surface area contributed by atoms with Crippen LogP contribution in [-0.4, -0.2) is 50.6 Å². The van der Waals surface area contributed by atoms with Gasteiger partial charge in [-0.25, -0.2) is 0 Å². The van der Waals surface area contributed by atoms with E-state index in [9.17, 15) is 9.59 Å². The highest BCUT2D eigenvalue weighted by molar-refractivity contribution is 5.95. The van der Waals surface area contributed by atoms with Gasteiger partial charge in [-0.15, -0.1) is 0 Å². The lowest BCUT2D eigenvalue weighted by Gasteiger charge is -2.22. The van der Waals surface area contributed by atoms with Crippen molar-refractivity contribution in [2.75, 3.05) is 38.8 Å². The van der Waals surface area contributed by atoms with Gasteiger partial charge in [-0.1, -0.05) is 18.2 Å². The van der Waals surface area contributed by atoms with E-state index in [1.807, 2.05) is 30.3 Å². The van der Waals surface area contributed by atoms with Gasteiger partial charge in [0, 0.05) is 32.1 Å². The zero-order chi connectivity index (χ0) is 21.8. The second kappa shape index (κ2) is 12.1. The van der Waals surface area contributed by atoms with Gasteiger partial charge in [-0.05, 0) is 36.4 Å². The number of amides is 2. The van der Waals surface area contributed by atoms with Gasteiger partial charge in [-0.3, -0.25) is 9.59 Å². The lowest BCUT2D eigenvalue weighted by atomic mass is 10.2. The summed E-state index contributed by atoms with van der Waals surface area (Å²) in [4.78, 5) is 28.1. The van der Waals surface area contributed by atoms with Crippen LogP contribution in [0.1, 0.15) is 19.3 Å². The summed E-state index contributed by atoms with van der Waals surface area (Å²) in [5.41, 5.74) is 0.728. The summed E-state index contributed by atoms with van der Waals surface area (Å²) in [5.74, 6) is 1.14. The van der Waals surface area contributed by atoms with E-state index in [1.54, 1.807) is 48.2 Å². The van der Waals surface area contributed by atoms with Crippen molar-refractivity contribution < 1.29 is 19.1 Å². The van der Waals surface area contributed by atoms with Gasteiger partial charge in [0.15, 0.2) is 0 Å². The molecule has 2 aromatic carbocycles. The predicted molar refractivity (Wildman–Crippen MR) is 114 cm³/mol. The fraction of sp³-hybridized carbons (Fsp3) is 0.348. The van der Waals surface area contributed by atoms with E-state index in [2.05, 4.69) is 6.07 Å². The number of likely N-dealkylation sites (N-methyl/N-ethyl adjacent to an activating group) is 1. The van der Waals surface area contributed by atoms with E-state index in [0.29, 0.717) is 25.4 Å². The monoisotopic (exact) mass is 409 g/mol. The van der Waals surface area contributed by atoms with Crippen LogP contribution in [0.5, 0.6) is 11.5 Å². The van der Waals surface area contributed by atoms with E-state index in [4.69, 9.17) is 14.7 Å². The fourth-order valence-corrected chi connectivity index (χ4v) is 2.80. The number of benzene rings is 2. The lowest BCUT2D eigenvalue weighted by molar-refractivity contribution is -0.132. The zero-order valence-corrected chi connectivity index (χ0v) is 17.4. The first-order chi connectivity index (χ1) is 14.5. The lowest BCUT2D eigenvalue weighted by Crippen LogP contribution is -2.34. The first-order valence-corrected chi connectivity index (χ1v) is 9.78. The highest BCUT2D eigenvalue weighted by Crippen LogP contribution is 2.17. The van der Waals surface area contributed by atoms with Crippen LogP contribution in [-0.2, 0) is 9.59 Å². The molecule has 0 atom stereocenters. The number of rotatable bonds is 11. The topological polar surface area (TPSA) is 82.9 Å². The Labute approximate surface area is 177 Å². The van der Waals surface area contributed by atoms with Crippen LogP contribution >= 0.6 is 0 Å². The predicted octanol–water partition coefficient (Wildman–Crippen LogP) is 3.26. The molecule has 0 radical (unpaired) electrons. The molecule has 0 aliphatic heterocycles. The van der Waals surface area contributed by atoms with Gasteiger partial charge in [0.25, 0.3) is 0 Å². The maximum atomic E-state index is 12.6. The molecule has 0 unspecified atom stereocenters. The number of para-hydroxylation sites is 1. The highest BCUT2D eigenvalue weighted by atomic mass is 16.5.